The van der Waals surface area contributed by atoms with E-state index in [4.69, 9.17) is 4.74 Å². The standard InChI is InChI=1S/C21H30N4O4/c1-3-19(26)22-16-7-6-12-25(14-16)21(28)23-17-13-15(20(27)29-2)8-9-18(17)24-10-4-5-11-24/h8-9,13,16H,3-7,10-12,14H2,1-2H3,(H,22,26)(H,23,28). The van der Waals surface area contributed by atoms with Crippen LogP contribution in [0.4, 0.5) is 16.2 Å². The van der Waals surface area contributed by atoms with Crippen LogP contribution in [0.5, 0.6) is 0 Å². The number of anilines is 2. The number of amides is 3. The number of piperidine rings is 1. The number of carbonyl (C=O) groups excluding carboxylic acids is 3. The summed E-state index contributed by atoms with van der Waals surface area (Å²) in [7, 11) is 1.34. The van der Waals surface area contributed by atoms with Crippen LogP contribution in [0.1, 0.15) is 49.4 Å². The summed E-state index contributed by atoms with van der Waals surface area (Å²) in [6, 6.07) is 5.03. The van der Waals surface area contributed by atoms with E-state index in [0.29, 0.717) is 30.8 Å². The third kappa shape index (κ3) is 5.19. The first-order valence-electron chi connectivity index (χ1n) is 10.3. The van der Waals surface area contributed by atoms with Crippen molar-refractivity contribution in [2.24, 2.45) is 0 Å². The lowest BCUT2D eigenvalue weighted by Gasteiger charge is -2.33. The van der Waals surface area contributed by atoms with Crippen molar-refractivity contribution in [1.29, 1.82) is 0 Å². The topological polar surface area (TPSA) is 91.0 Å². The number of esters is 1. The summed E-state index contributed by atoms with van der Waals surface area (Å²) in [5.41, 5.74) is 1.92. The maximum absolute atomic E-state index is 13.0. The molecule has 1 unspecified atom stereocenters. The quantitative estimate of drug-likeness (QED) is 0.739. The zero-order valence-electron chi connectivity index (χ0n) is 17.2. The Morgan fingerprint density at radius 2 is 1.90 bits per heavy atom. The first-order valence-corrected chi connectivity index (χ1v) is 10.3. The number of hydrogen-bond acceptors (Lipinski definition) is 5. The number of hydrogen-bond donors (Lipinski definition) is 2. The Balaban J connectivity index is 1.75. The second-order valence-corrected chi connectivity index (χ2v) is 7.55. The molecule has 1 aromatic carbocycles. The third-order valence-electron chi connectivity index (χ3n) is 5.50. The van der Waals surface area contributed by atoms with Crippen LogP contribution in [0.25, 0.3) is 0 Å². The predicted octanol–water partition coefficient (Wildman–Crippen LogP) is 2.60. The minimum Gasteiger partial charge on any atom is -0.465 e. The summed E-state index contributed by atoms with van der Waals surface area (Å²) in [6.07, 6.45) is 4.35. The molecule has 2 aliphatic heterocycles. The van der Waals surface area contributed by atoms with Crippen LogP contribution in [-0.4, -0.2) is 62.1 Å². The van der Waals surface area contributed by atoms with Crippen molar-refractivity contribution in [1.82, 2.24) is 10.2 Å². The van der Waals surface area contributed by atoms with Gasteiger partial charge in [0.15, 0.2) is 0 Å². The molecule has 0 bridgehead atoms. The zero-order chi connectivity index (χ0) is 20.8. The largest absolute Gasteiger partial charge is 0.465 e. The molecule has 0 spiro atoms. The molecule has 8 heteroatoms. The summed E-state index contributed by atoms with van der Waals surface area (Å²) in [4.78, 5) is 40.5. The summed E-state index contributed by atoms with van der Waals surface area (Å²) in [5.74, 6) is -0.437. The van der Waals surface area contributed by atoms with Gasteiger partial charge in [-0.25, -0.2) is 9.59 Å². The van der Waals surface area contributed by atoms with Crippen LogP contribution >= 0.6 is 0 Å². The minimum atomic E-state index is -0.436. The molecule has 0 aliphatic carbocycles. The average molecular weight is 402 g/mol. The molecular formula is C21H30N4O4. The summed E-state index contributed by atoms with van der Waals surface area (Å²) in [6.45, 7) is 4.79. The number of nitrogens with one attached hydrogen (secondary N) is 2. The molecule has 2 fully saturated rings. The fraction of sp³-hybridized carbons (Fsp3) is 0.571. The molecule has 0 radical (unpaired) electrons. The van der Waals surface area contributed by atoms with Gasteiger partial charge in [0.05, 0.1) is 24.0 Å². The van der Waals surface area contributed by atoms with Crippen molar-refractivity contribution in [3.8, 4) is 0 Å². The maximum Gasteiger partial charge on any atom is 0.337 e. The number of nitrogens with zero attached hydrogens (tertiary/aromatic N) is 2. The van der Waals surface area contributed by atoms with Crippen molar-refractivity contribution in [2.75, 3.05) is 43.5 Å². The van der Waals surface area contributed by atoms with Gasteiger partial charge in [-0.15, -0.1) is 0 Å². The van der Waals surface area contributed by atoms with Crippen LogP contribution in [0, 0.1) is 0 Å². The Bertz CT molecular complexity index is 761. The van der Waals surface area contributed by atoms with Crippen LogP contribution in [0.3, 0.4) is 0 Å². The van der Waals surface area contributed by atoms with E-state index in [0.717, 1.165) is 44.5 Å². The number of rotatable bonds is 5. The van der Waals surface area contributed by atoms with Gasteiger partial charge in [-0.1, -0.05) is 6.92 Å². The SMILES string of the molecule is CCC(=O)NC1CCCN(C(=O)Nc2cc(C(=O)OC)ccc2N2CCCC2)C1. The highest BCUT2D eigenvalue weighted by atomic mass is 16.5. The van der Waals surface area contributed by atoms with E-state index >= 15 is 0 Å². The van der Waals surface area contributed by atoms with Gasteiger partial charge in [-0.2, -0.15) is 0 Å². The van der Waals surface area contributed by atoms with Crippen molar-refractivity contribution < 1.29 is 19.1 Å². The van der Waals surface area contributed by atoms with Crippen LogP contribution < -0.4 is 15.5 Å². The Kier molecular flexibility index (Phi) is 6.95. The highest BCUT2D eigenvalue weighted by Crippen LogP contribution is 2.31. The average Bonchev–Trinajstić information content (AvgIpc) is 3.27. The van der Waals surface area contributed by atoms with E-state index in [1.165, 1.54) is 7.11 Å². The van der Waals surface area contributed by atoms with Crippen molar-refractivity contribution in [3.05, 3.63) is 23.8 Å². The van der Waals surface area contributed by atoms with Crippen molar-refractivity contribution in [3.63, 3.8) is 0 Å². The molecule has 8 nitrogen and oxygen atoms in total. The van der Waals surface area contributed by atoms with Crippen LogP contribution in [0.15, 0.2) is 18.2 Å². The van der Waals surface area contributed by atoms with E-state index in [9.17, 15) is 14.4 Å². The molecule has 1 aromatic rings. The Labute approximate surface area is 171 Å². The Morgan fingerprint density at radius 1 is 1.14 bits per heavy atom. The molecule has 1 atom stereocenters. The molecule has 3 rings (SSSR count). The molecule has 2 aliphatic rings. The van der Waals surface area contributed by atoms with E-state index in [-0.39, 0.29) is 18.0 Å². The molecule has 2 heterocycles. The fourth-order valence-electron chi connectivity index (χ4n) is 3.92. The summed E-state index contributed by atoms with van der Waals surface area (Å²) < 4.78 is 4.82. The van der Waals surface area contributed by atoms with Gasteiger partial charge in [0.1, 0.15) is 0 Å². The fourth-order valence-corrected chi connectivity index (χ4v) is 3.92. The normalized spacial score (nSPS) is 19.0. The second-order valence-electron chi connectivity index (χ2n) is 7.55. The van der Waals surface area contributed by atoms with Gasteiger partial charge in [0, 0.05) is 38.6 Å². The zero-order valence-corrected chi connectivity index (χ0v) is 17.2. The van der Waals surface area contributed by atoms with Gasteiger partial charge in [-0.3, -0.25) is 4.79 Å². The second kappa shape index (κ2) is 9.62. The lowest BCUT2D eigenvalue weighted by Crippen LogP contribution is -2.50. The first-order chi connectivity index (χ1) is 14.0. The molecule has 3 amide bonds. The van der Waals surface area contributed by atoms with E-state index in [2.05, 4.69) is 15.5 Å². The number of methoxy groups -OCH3 is 1. The van der Waals surface area contributed by atoms with Crippen LogP contribution in [-0.2, 0) is 9.53 Å². The maximum atomic E-state index is 13.0. The molecule has 29 heavy (non-hydrogen) atoms. The predicted molar refractivity (Wildman–Crippen MR) is 111 cm³/mol. The minimum absolute atomic E-state index is 0.000595. The summed E-state index contributed by atoms with van der Waals surface area (Å²) >= 11 is 0. The smallest absolute Gasteiger partial charge is 0.337 e. The summed E-state index contributed by atoms with van der Waals surface area (Å²) in [5, 5.41) is 5.96. The van der Waals surface area contributed by atoms with E-state index < -0.39 is 5.97 Å². The molecular weight excluding hydrogens is 372 g/mol. The van der Waals surface area contributed by atoms with E-state index in [1.54, 1.807) is 17.0 Å². The molecule has 2 N–H and O–H groups in total. The van der Waals surface area contributed by atoms with Gasteiger partial charge >= 0.3 is 12.0 Å². The van der Waals surface area contributed by atoms with Gasteiger partial charge < -0.3 is 25.2 Å². The molecule has 0 saturated carbocycles. The molecule has 0 aromatic heterocycles. The van der Waals surface area contributed by atoms with E-state index in [1.807, 2.05) is 13.0 Å². The Morgan fingerprint density at radius 3 is 2.59 bits per heavy atom. The van der Waals surface area contributed by atoms with Crippen LogP contribution in [0.2, 0.25) is 0 Å². The Hall–Kier alpha value is -2.77. The monoisotopic (exact) mass is 402 g/mol. The van der Waals surface area contributed by atoms with Crippen molar-refractivity contribution in [2.45, 2.75) is 45.1 Å². The number of ether oxygens (including phenoxy) is 1. The molecule has 2 saturated heterocycles. The third-order valence-corrected chi connectivity index (χ3v) is 5.50. The highest BCUT2D eigenvalue weighted by molar-refractivity contribution is 5.97. The lowest BCUT2D eigenvalue weighted by molar-refractivity contribution is -0.121. The number of benzene rings is 1. The first kappa shape index (κ1) is 21.0. The number of urea groups is 1. The van der Waals surface area contributed by atoms with Crippen molar-refractivity contribution >= 4 is 29.3 Å². The van der Waals surface area contributed by atoms with Gasteiger partial charge in [0.25, 0.3) is 0 Å². The van der Waals surface area contributed by atoms with Gasteiger partial charge in [0.2, 0.25) is 5.91 Å². The lowest BCUT2D eigenvalue weighted by atomic mass is 10.1. The highest BCUT2D eigenvalue weighted by Gasteiger charge is 2.26. The number of likely N-dealkylation sites (tertiary alicyclic amines) is 1. The molecule has 158 valence electrons. The number of carbonyl (C=O) groups is 3. The van der Waals surface area contributed by atoms with Gasteiger partial charge in [-0.05, 0) is 43.9 Å².